The number of hydrogen-bond donors (Lipinski definition) is 0. The van der Waals surface area contributed by atoms with E-state index in [1.807, 2.05) is 12.1 Å². The maximum atomic E-state index is 11.2. The topological polar surface area (TPSA) is 105 Å². The quantitative estimate of drug-likeness (QED) is 0.0946. The molecule has 51 heavy (non-hydrogen) atoms. The van der Waals surface area contributed by atoms with Crippen LogP contribution in [0, 0.1) is 43.9 Å². The molecule has 1 aliphatic heterocycles. The van der Waals surface area contributed by atoms with Crippen LogP contribution in [-0.2, 0) is 0 Å². The van der Waals surface area contributed by atoms with Gasteiger partial charge in [-0.25, -0.2) is 0 Å². The van der Waals surface area contributed by atoms with E-state index >= 15 is 0 Å². The van der Waals surface area contributed by atoms with Crippen molar-refractivity contribution in [1.82, 2.24) is 0 Å². The molecule has 8 nitrogen and oxygen atoms in total. The Bertz CT molecular complexity index is 2270. The summed E-state index contributed by atoms with van der Waals surface area (Å²) in [6, 6.07) is 41.9. The van der Waals surface area contributed by atoms with E-state index in [4.69, 9.17) is 9.47 Å². The molecule has 6 aromatic carbocycles. The van der Waals surface area contributed by atoms with Crippen LogP contribution in [0.3, 0.4) is 0 Å². The molecular weight excluding hydrogens is 701 g/mol. The number of rotatable bonds is 6. The SMILES string of the molecule is COc1cc2[c](cc1C#Cc1ccc([N+](=O)[O-])cc1)[Ge]([c]1ccccc1)([c]1ccccc1)[c]1cc(C#Cc3ccc([N+](=O)[O-])cc3)c(OC)cc1-2. The van der Waals surface area contributed by atoms with Gasteiger partial charge in [-0.15, -0.1) is 0 Å². The molecule has 0 spiro atoms. The van der Waals surface area contributed by atoms with Crippen LogP contribution in [-0.4, -0.2) is 37.3 Å². The van der Waals surface area contributed by atoms with Crippen LogP contribution in [0.4, 0.5) is 11.4 Å². The minimum atomic E-state index is -3.79. The third-order valence-electron chi connectivity index (χ3n) is 9.03. The van der Waals surface area contributed by atoms with Crippen molar-refractivity contribution in [2.45, 2.75) is 0 Å². The van der Waals surface area contributed by atoms with Crippen LogP contribution in [0.2, 0.25) is 0 Å². The molecule has 7 rings (SSSR count). The summed E-state index contributed by atoms with van der Waals surface area (Å²) in [5.41, 5.74) is 4.77. The van der Waals surface area contributed by atoms with Crippen molar-refractivity contribution in [3.8, 4) is 46.3 Å². The fraction of sp³-hybridized carbons (Fsp3) is 0.0476. The predicted octanol–water partition coefficient (Wildman–Crippen LogP) is 5.68. The molecule has 9 heteroatoms. The number of benzene rings is 6. The van der Waals surface area contributed by atoms with E-state index in [1.165, 1.54) is 41.8 Å². The van der Waals surface area contributed by atoms with Crippen LogP contribution in [0.25, 0.3) is 11.1 Å². The van der Waals surface area contributed by atoms with E-state index in [2.05, 4.69) is 96.5 Å². The van der Waals surface area contributed by atoms with Crippen molar-refractivity contribution < 1.29 is 19.3 Å². The Kier molecular flexibility index (Phi) is 8.85. The molecule has 0 saturated heterocycles. The second-order valence-electron chi connectivity index (χ2n) is 11.8. The number of fused-ring (bicyclic) bond motifs is 3. The zero-order valence-corrected chi connectivity index (χ0v) is 29.6. The number of non-ortho nitro benzene ring substituents is 2. The van der Waals surface area contributed by atoms with Gasteiger partial charge in [0.2, 0.25) is 0 Å². The fourth-order valence-electron chi connectivity index (χ4n) is 6.68. The molecule has 0 bridgehead atoms. The normalized spacial score (nSPS) is 11.9. The average molecular weight is 729 g/mol. The molecule has 1 heterocycles. The number of nitro benzene ring substituents is 2. The van der Waals surface area contributed by atoms with Gasteiger partial charge in [-0.05, 0) is 0 Å². The molecule has 6 aromatic rings. The summed E-state index contributed by atoms with van der Waals surface area (Å²) < 4.78 is 16.7. The van der Waals surface area contributed by atoms with Crippen LogP contribution in [0.15, 0.2) is 133 Å². The summed E-state index contributed by atoms with van der Waals surface area (Å²) in [4.78, 5) is 21.5. The number of nitro groups is 2. The van der Waals surface area contributed by atoms with Gasteiger partial charge in [-0.2, -0.15) is 0 Å². The molecule has 1 aliphatic rings. The molecule has 0 aromatic heterocycles. The summed E-state index contributed by atoms with van der Waals surface area (Å²) in [6.07, 6.45) is 0. The molecule has 0 atom stereocenters. The van der Waals surface area contributed by atoms with Crippen molar-refractivity contribution in [3.63, 3.8) is 0 Å². The number of nitrogens with zero attached hydrogens (tertiary/aromatic N) is 2. The van der Waals surface area contributed by atoms with Crippen molar-refractivity contribution >= 4 is 42.2 Å². The molecular formula is C42H28GeN2O6. The first kappa shape index (κ1) is 32.9. The molecule has 0 radical (unpaired) electrons. The van der Waals surface area contributed by atoms with Crippen LogP contribution in [0.5, 0.6) is 11.5 Å². The summed E-state index contributed by atoms with van der Waals surface area (Å²) in [5, 5.41) is 22.4. The van der Waals surface area contributed by atoms with E-state index in [0.717, 1.165) is 11.1 Å². The Balaban J connectivity index is 1.48. The Morgan fingerprint density at radius 1 is 0.510 bits per heavy atom. The zero-order valence-electron chi connectivity index (χ0n) is 27.5. The Morgan fingerprint density at radius 3 is 1.22 bits per heavy atom. The van der Waals surface area contributed by atoms with E-state index in [9.17, 15) is 20.2 Å². The van der Waals surface area contributed by atoms with Gasteiger partial charge in [-0.1, -0.05) is 0 Å². The second-order valence-corrected chi connectivity index (χ2v) is 19.6. The minimum absolute atomic E-state index is 0.00395. The summed E-state index contributed by atoms with van der Waals surface area (Å²) >= 11 is -3.79. The van der Waals surface area contributed by atoms with Gasteiger partial charge in [0.25, 0.3) is 0 Å². The molecule has 0 N–H and O–H groups in total. The molecule has 0 amide bonds. The van der Waals surface area contributed by atoms with Crippen LogP contribution in [0.1, 0.15) is 22.3 Å². The van der Waals surface area contributed by atoms with E-state index in [-0.39, 0.29) is 11.4 Å². The molecule has 0 saturated carbocycles. The second kappa shape index (κ2) is 13.7. The third-order valence-corrected chi connectivity index (χ3v) is 19.2. The molecule has 0 aliphatic carbocycles. The zero-order chi connectivity index (χ0) is 35.5. The molecule has 0 fully saturated rings. The number of hydrogen-bond acceptors (Lipinski definition) is 6. The first-order valence-corrected chi connectivity index (χ1v) is 20.1. The van der Waals surface area contributed by atoms with Crippen molar-refractivity contribution in [2.24, 2.45) is 0 Å². The van der Waals surface area contributed by atoms with Crippen molar-refractivity contribution in [3.05, 3.63) is 176 Å². The van der Waals surface area contributed by atoms with E-state index in [0.29, 0.717) is 33.8 Å². The average Bonchev–Trinajstić information content (AvgIpc) is 3.45. The fourth-order valence-corrected chi connectivity index (χ4v) is 17.6. The third kappa shape index (κ3) is 5.99. The van der Waals surface area contributed by atoms with Crippen LogP contribution < -0.4 is 27.1 Å². The standard InChI is InChI=1S/C42H28GeN2O6/c1-50-41-27-37-38-28-42(51-2)32(20-14-30-17-23-36(24-18-30)45(48)49)26-40(38)43(33-9-5-3-6-10-33,34-11-7-4-8-12-34)39(37)25-31(41)19-13-29-15-21-35(22-16-29)44(46)47/h3-12,15-18,21-28H,1-2H3. The van der Waals surface area contributed by atoms with Gasteiger partial charge in [0.15, 0.2) is 0 Å². The first-order chi connectivity index (χ1) is 24.8. The van der Waals surface area contributed by atoms with Crippen molar-refractivity contribution in [1.29, 1.82) is 0 Å². The van der Waals surface area contributed by atoms with Gasteiger partial charge < -0.3 is 0 Å². The molecule has 246 valence electrons. The van der Waals surface area contributed by atoms with Gasteiger partial charge in [0.05, 0.1) is 0 Å². The number of ether oxygens (including phenoxy) is 2. The maximum absolute atomic E-state index is 11.2. The monoisotopic (exact) mass is 730 g/mol. The molecule has 0 unspecified atom stereocenters. The first-order valence-electron chi connectivity index (χ1n) is 15.9. The summed E-state index contributed by atoms with van der Waals surface area (Å²) in [6.45, 7) is 0. The van der Waals surface area contributed by atoms with Crippen molar-refractivity contribution in [2.75, 3.05) is 14.2 Å². The van der Waals surface area contributed by atoms with Gasteiger partial charge in [0, 0.05) is 0 Å². The Labute approximate surface area is 297 Å². The van der Waals surface area contributed by atoms with Crippen LogP contribution >= 0.6 is 0 Å². The van der Waals surface area contributed by atoms with E-state index in [1.54, 1.807) is 38.5 Å². The van der Waals surface area contributed by atoms with Gasteiger partial charge >= 0.3 is 298 Å². The summed E-state index contributed by atoms with van der Waals surface area (Å²) in [7, 11) is 3.24. The van der Waals surface area contributed by atoms with E-state index < -0.39 is 23.1 Å². The Morgan fingerprint density at radius 2 is 0.882 bits per heavy atom. The summed E-state index contributed by atoms with van der Waals surface area (Å²) in [5.74, 6) is 14.2. The van der Waals surface area contributed by atoms with Gasteiger partial charge in [0.1, 0.15) is 0 Å². The predicted molar refractivity (Wildman–Crippen MR) is 200 cm³/mol. The Hall–Kier alpha value is -6.62. The number of methoxy groups -OCH3 is 2. The van der Waals surface area contributed by atoms with Gasteiger partial charge in [-0.3, -0.25) is 0 Å².